The Morgan fingerprint density at radius 3 is 2.67 bits per heavy atom. The SMILES string of the molecule is COc1ccc(-c2cc3c(=O)[nH]nc(SCC(=O)Nc4ccc(C)cc4Cl)n3n2)cc1OC. The number of H-pyrrole nitrogens is 1. The molecule has 0 aliphatic rings. The van der Waals surface area contributed by atoms with Crippen LogP contribution in [0.5, 0.6) is 11.5 Å². The predicted molar refractivity (Wildman–Crippen MR) is 128 cm³/mol. The van der Waals surface area contributed by atoms with Crippen molar-refractivity contribution in [1.82, 2.24) is 19.8 Å². The summed E-state index contributed by atoms with van der Waals surface area (Å²) in [5.41, 5.74) is 2.72. The van der Waals surface area contributed by atoms with Crippen molar-refractivity contribution in [3.05, 3.63) is 63.4 Å². The molecule has 2 aromatic heterocycles. The van der Waals surface area contributed by atoms with Gasteiger partial charge in [0.15, 0.2) is 11.5 Å². The fraction of sp³-hybridized carbons (Fsp3) is 0.182. The number of anilines is 1. The number of ether oxygens (including phenoxy) is 2. The molecule has 2 aromatic carbocycles. The van der Waals surface area contributed by atoms with Crippen LogP contribution in [0, 0.1) is 6.92 Å². The lowest BCUT2D eigenvalue weighted by molar-refractivity contribution is -0.113. The minimum atomic E-state index is -0.394. The molecule has 33 heavy (non-hydrogen) atoms. The number of carbonyl (C=O) groups is 1. The molecule has 0 saturated carbocycles. The number of aromatic amines is 1. The number of nitrogens with one attached hydrogen (secondary N) is 2. The second-order valence-electron chi connectivity index (χ2n) is 7.05. The van der Waals surface area contributed by atoms with Gasteiger partial charge in [-0.15, -0.1) is 5.10 Å². The predicted octanol–water partition coefficient (Wildman–Crippen LogP) is 3.79. The van der Waals surface area contributed by atoms with E-state index in [0.29, 0.717) is 38.6 Å². The summed E-state index contributed by atoms with van der Waals surface area (Å²) in [5.74, 6) is 0.906. The summed E-state index contributed by atoms with van der Waals surface area (Å²) in [6.45, 7) is 1.92. The molecule has 0 atom stereocenters. The Morgan fingerprint density at radius 2 is 1.94 bits per heavy atom. The fourth-order valence-corrected chi connectivity index (χ4v) is 4.15. The zero-order valence-electron chi connectivity index (χ0n) is 18.0. The van der Waals surface area contributed by atoms with Crippen LogP contribution in [0.25, 0.3) is 16.8 Å². The zero-order valence-corrected chi connectivity index (χ0v) is 19.6. The summed E-state index contributed by atoms with van der Waals surface area (Å²) < 4.78 is 12.0. The van der Waals surface area contributed by atoms with Crippen molar-refractivity contribution in [2.45, 2.75) is 12.1 Å². The first-order valence-electron chi connectivity index (χ1n) is 9.79. The molecule has 0 radical (unpaired) electrons. The average molecular weight is 486 g/mol. The highest BCUT2D eigenvalue weighted by Crippen LogP contribution is 2.32. The first kappa shape index (κ1) is 22.7. The van der Waals surface area contributed by atoms with Gasteiger partial charge in [0.25, 0.3) is 5.56 Å². The number of hydrogen-bond donors (Lipinski definition) is 2. The lowest BCUT2D eigenvalue weighted by atomic mass is 10.1. The third-order valence-corrected chi connectivity index (χ3v) is 6.03. The Labute approximate surface area is 198 Å². The first-order chi connectivity index (χ1) is 15.9. The van der Waals surface area contributed by atoms with Gasteiger partial charge in [0, 0.05) is 5.56 Å². The second-order valence-corrected chi connectivity index (χ2v) is 8.40. The molecule has 4 aromatic rings. The van der Waals surface area contributed by atoms with Crippen LogP contribution in [-0.4, -0.2) is 45.7 Å². The van der Waals surface area contributed by atoms with Crippen molar-refractivity contribution in [1.29, 1.82) is 0 Å². The van der Waals surface area contributed by atoms with Crippen molar-refractivity contribution < 1.29 is 14.3 Å². The molecule has 2 N–H and O–H groups in total. The Balaban J connectivity index is 1.58. The topological polar surface area (TPSA) is 111 Å². The third-order valence-electron chi connectivity index (χ3n) is 4.79. The van der Waals surface area contributed by atoms with E-state index in [-0.39, 0.29) is 11.7 Å². The average Bonchev–Trinajstić information content (AvgIpc) is 3.26. The number of nitrogens with zero attached hydrogens (tertiary/aromatic N) is 3. The van der Waals surface area contributed by atoms with E-state index < -0.39 is 5.56 Å². The smallest absolute Gasteiger partial charge is 0.290 e. The molecule has 0 unspecified atom stereocenters. The number of hydrogen-bond acceptors (Lipinski definition) is 7. The summed E-state index contributed by atoms with van der Waals surface area (Å²) in [5, 5.41) is 14.6. The molecule has 0 saturated heterocycles. The maximum atomic E-state index is 12.4. The van der Waals surface area contributed by atoms with Crippen LogP contribution in [0.15, 0.2) is 52.4 Å². The monoisotopic (exact) mass is 485 g/mol. The summed E-state index contributed by atoms with van der Waals surface area (Å²) >= 11 is 7.32. The normalized spacial score (nSPS) is 10.9. The van der Waals surface area contributed by atoms with E-state index in [1.165, 1.54) is 4.52 Å². The maximum Gasteiger partial charge on any atom is 0.290 e. The number of halogens is 1. The molecule has 2 heterocycles. The highest BCUT2D eigenvalue weighted by molar-refractivity contribution is 7.99. The highest BCUT2D eigenvalue weighted by atomic mass is 35.5. The molecular weight excluding hydrogens is 466 g/mol. The van der Waals surface area contributed by atoms with Gasteiger partial charge in [-0.2, -0.15) is 5.10 Å². The van der Waals surface area contributed by atoms with Gasteiger partial charge in [-0.05, 0) is 48.9 Å². The van der Waals surface area contributed by atoms with E-state index >= 15 is 0 Å². The molecule has 170 valence electrons. The molecule has 0 aliphatic heterocycles. The molecule has 0 spiro atoms. The van der Waals surface area contributed by atoms with Gasteiger partial charge in [-0.25, -0.2) is 9.61 Å². The first-order valence-corrected chi connectivity index (χ1v) is 11.2. The lowest BCUT2D eigenvalue weighted by Crippen LogP contribution is -2.17. The van der Waals surface area contributed by atoms with Crippen LogP contribution in [-0.2, 0) is 4.79 Å². The largest absolute Gasteiger partial charge is 0.493 e. The summed E-state index contributed by atoms with van der Waals surface area (Å²) in [6, 6.07) is 12.4. The maximum absolute atomic E-state index is 12.4. The van der Waals surface area contributed by atoms with E-state index in [1.54, 1.807) is 44.6 Å². The standard InChI is InChI=1S/C22H20ClN5O4S/c1-12-4-6-15(14(23)8-12)24-20(29)11-33-22-26-25-21(30)17-10-16(27-28(17)22)13-5-7-18(31-2)19(9-13)32-3/h4-10H,11H2,1-3H3,(H,24,29)(H,25,30). The van der Waals surface area contributed by atoms with Crippen molar-refractivity contribution in [3.8, 4) is 22.8 Å². The molecule has 4 rings (SSSR count). The van der Waals surface area contributed by atoms with Gasteiger partial charge in [-0.1, -0.05) is 29.4 Å². The van der Waals surface area contributed by atoms with Gasteiger partial charge in [0.2, 0.25) is 11.1 Å². The van der Waals surface area contributed by atoms with Crippen molar-refractivity contribution in [3.63, 3.8) is 0 Å². The summed E-state index contributed by atoms with van der Waals surface area (Å²) in [4.78, 5) is 24.8. The van der Waals surface area contributed by atoms with Gasteiger partial charge in [-0.3, -0.25) is 9.59 Å². The molecule has 11 heteroatoms. The fourth-order valence-electron chi connectivity index (χ4n) is 3.16. The highest BCUT2D eigenvalue weighted by Gasteiger charge is 2.16. The number of thioether (sulfide) groups is 1. The number of fused-ring (bicyclic) bond motifs is 1. The van der Waals surface area contributed by atoms with Gasteiger partial charge < -0.3 is 14.8 Å². The summed E-state index contributed by atoms with van der Waals surface area (Å²) in [7, 11) is 3.10. The van der Waals surface area contributed by atoms with E-state index in [9.17, 15) is 9.59 Å². The van der Waals surface area contributed by atoms with E-state index in [4.69, 9.17) is 21.1 Å². The molecule has 9 nitrogen and oxygen atoms in total. The number of aromatic nitrogens is 4. The number of methoxy groups -OCH3 is 2. The Kier molecular flexibility index (Phi) is 6.57. The van der Waals surface area contributed by atoms with Crippen LogP contribution in [0.4, 0.5) is 5.69 Å². The van der Waals surface area contributed by atoms with Crippen molar-refractivity contribution >= 4 is 40.5 Å². The lowest BCUT2D eigenvalue weighted by Gasteiger charge is -2.08. The second kappa shape index (κ2) is 9.55. The summed E-state index contributed by atoms with van der Waals surface area (Å²) in [6.07, 6.45) is 0. The zero-order chi connectivity index (χ0) is 23.5. The van der Waals surface area contributed by atoms with E-state index in [2.05, 4.69) is 20.6 Å². The number of amides is 1. The molecular formula is C22H20ClN5O4S. The number of carbonyl (C=O) groups excluding carboxylic acids is 1. The number of rotatable bonds is 7. The third kappa shape index (κ3) is 4.81. The molecule has 0 bridgehead atoms. The van der Waals surface area contributed by atoms with Gasteiger partial charge >= 0.3 is 0 Å². The minimum Gasteiger partial charge on any atom is -0.493 e. The molecule has 0 fully saturated rings. The van der Waals surface area contributed by atoms with Crippen molar-refractivity contribution in [2.24, 2.45) is 0 Å². The van der Waals surface area contributed by atoms with Gasteiger partial charge in [0.05, 0.1) is 36.4 Å². The van der Waals surface area contributed by atoms with Gasteiger partial charge in [0.1, 0.15) is 5.52 Å². The van der Waals surface area contributed by atoms with E-state index in [1.807, 2.05) is 19.1 Å². The Hall–Kier alpha value is -3.50. The van der Waals surface area contributed by atoms with Crippen LogP contribution in [0.1, 0.15) is 5.56 Å². The minimum absolute atomic E-state index is 0.0455. The quantitative estimate of drug-likeness (QED) is 0.383. The van der Waals surface area contributed by atoms with Crippen LogP contribution in [0.2, 0.25) is 5.02 Å². The molecule has 1 amide bonds. The van der Waals surface area contributed by atoms with Crippen LogP contribution >= 0.6 is 23.4 Å². The number of benzene rings is 2. The van der Waals surface area contributed by atoms with Crippen LogP contribution in [0.3, 0.4) is 0 Å². The van der Waals surface area contributed by atoms with Crippen LogP contribution < -0.4 is 20.3 Å². The number of aryl methyl sites for hydroxylation is 1. The Bertz CT molecular complexity index is 1400. The van der Waals surface area contributed by atoms with E-state index in [0.717, 1.165) is 22.9 Å². The molecule has 0 aliphatic carbocycles. The van der Waals surface area contributed by atoms with Crippen molar-refractivity contribution in [2.75, 3.05) is 25.3 Å². The Morgan fingerprint density at radius 1 is 1.15 bits per heavy atom.